The Morgan fingerprint density at radius 2 is 2.07 bits per heavy atom. The quantitative estimate of drug-likeness (QED) is 0.797. The number of aromatic nitrogens is 2. The molecule has 1 aromatic heterocycles. The summed E-state index contributed by atoms with van der Waals surface area (Å²) < 4.78 is 5.69. The average molecular weight is 383 g/mol. The molecule has 3 heterocycles. The fraction of sp³-hybridized carbons (Fsp3) is 0.450. The number of carbonyl (C=O) groups is 1. The number of fused-ring (bicyclic) bond motifs is 1. The minimum atomic E-state index is -0.621. The molecule has 1 aromatic carbocycles. The predicted molar refractivity (Wildman–Crippen MR) is 105 cm³/mol. The summed E-state index contributed by atoms with van der Waals surface area (Å²) in [5, 5.41) is 2.87. The van der Waals surface area contributed by atoms with E-state index in [-0.39, 0.29) is 18.0 Å². The van der Waals surface area contributed by atoms with Crippen molar-refractivity contribution in [3.8, 4) is 0 Å². The van der Waals surface area contributed by atoms with E-state index < -0.39 is 6.10 Å². The van der Waals surface area contributed by atoms with E-state index in [0.29, 0.717) is 18.2 Å². The Balaban J connectivity index is 1.44. The van der Waals surface area contributed by atoms with Crippen LogP contribution in [0.3, 0.4) is 0 Å². The molecule has 0 radical (unpaired) electrons. The molecule has 8 heteroatoms. The number of likely N-dealkylation sites (N-methyl/N-ethyl adjacent to an activating group) is 1. The molecule has 2 aromatic rings. The Kier molecular flexibility index (Phi) is 5.40. The number of hydrogen-bond acceptors (Lipinski definition) is 6. The van der Waals surface area contributed by atoms with Gasteiger partial charge in [0.05, 0.1) is 18.8 Å². The van der Waals surface area contributed by atoms with Crippen LogP contribution in [0.15, 0.2) is 35.1 Å². The highest BCUT2D eigenvalue weighted by Gasteiger charge is 2.27. The monoisotopic (exact) mass is 383 g/mol. The lowest BCUT2D eigenvalue weighted by molar-refractivity contribution is -0.134. The van der Waals surface area contributed by atoms with Crippen molar-refractivity contribution >= 4 is 11.9 Å². The Bertz CT molecular complexity index is 905. The SMILES string of the molecule is CN1CCN(c2nc(CNC(=O)C3OCCc4ccccc43)cc(=O)[nH]2)CC1. The van der Waals surface area contributed by atoms with Crippen molar-refractivity contribution in [1.29, 1.82) is 0 Å². The lowest BCUT2D eigenvalue weighted by Gasteiger charge is -2.32. The van der Waals surface area contributed by atoms with Gasteiger partial charge >= 0.3 is 0 Å². The summed E-state index contributed by atoms with van der Waals surface area (Å²) >= 11 is 0. The maximum atomic E-state index is 12.7. The number of aromatic amines is 1. The highest BCUT2D eigenvalue weighted by Crippen LogP contribution is 2.27. The minimum Gasteiger partial charge on any atom is -0.363 e. The van der Waals surface area contributed by atoms with Crippen molar-refractivity contribution in [3.63, 3.8) is 0 Å². The van der Waals surface area contributed by atoms with E-state index in [1.165, 1.54) is 6.07 Å². The molecule has 1 fully saturated rings. The van der Waals surface area contributed by atoms with Crippen LogP contribution in [-0.2, 0) is 22.5 Å². The first-order chi connectivity index (χ1) is 13.6. The molecule has 1 atom stereocenters. The molecule has 28 heavy (non-hydrogen) atoms. The van der Waals surface area contributed by atoms with Gasteiger partial charge in [-0.1, -0.05) is 24.3 Å². The number of hydrogen-bond donors (Lipinski definition) is 2. The van der Waals surface area contributed by atoms with Crippen LogP contribution in [-0.4, -0.2) is 60.6 Å². The number of amides is 1. The van der Waals surface area contributed by atoms with E-state index in [4.69, 9.17) is 4.74 Å². The molecule has 2 N–H and O–H groups in total. The van der Waals surface area contributed by atoms with Gasteiger partial charge in [0.25, 0.3) is 11.5 Å². The van der Waals surface area contributed by atoms with Gasteiger partial charge in [-0.05, 0) is 24.6 Å². The van der Waals surface area contributed by atoms with E-state index >= 15 is 0 Å². The van der Waals surface area contributed by atoms with E-state index in [9.17, 15) is 9.59 Å². The molecule has 0 bridgehead atoms. The van der Waals surface area contributed by atoms with Gasteiger partial charge in [-0.15, -0.1) is 0 Å². The third kappa shape index (κ3) is 4.07. The van der Waals surface area contributed by atoms with Gasteiger partial charge in [-0.25, -0.2) is 4.98 Å². The summed E-state index contributed by atoms with van der Waals surface area (Å²) in [7, 11) is 2.07. The average Bonchev–Trinajstić information content (AvgIpc) is 2.71. The van der Waals surface area contributed by atoms with Crippen LogP contribution in [0, 0.1) is 0 Å². The largest absolute Gasteiger partial charge is 0.363 e. The van der Waals surface area contributed by atoms with Crippen molar-refractivity contribution in [2.45, 2.75) is 19.1 Å². The maximum Gasteiger partial charge on any atom is 0.254 e. The fourth-order valence-corrected chi connectivity index (χ4v) is 3.63. The van der Waals surface area contributed by atoms with Crippen LogP contribution in [0.1, 0.15) is 22.9 Å². The Morgan fingerprint density at radius 3 is 2.89 bits per heavy atom. The number of rotatable bonds is 4. The van der Waals surface area contributed by atoms with E-state index in [1.807, 2.05) is 24.3 Å². The van der Waals surface area contributed by atoms with Crippen molar-refractivity contribution in [3.05, 3.63) is 57.5 Å². The van der Waals surface area contributed by atoms with Gasteiger partial charge < -0.3 is 19.9 Å². The zero-order valence-corrected chi connectivity index (χ0v) is 16.0. The Hall–Kier alpha value is -2.71. The zero-order chi connectivity index (χ0) is 19.5. The van der Waals surface area contributed by atoms with E-state index in [2.05, 4.69) is 32.1 Å². The molecule has 2 aliphatic heterocycles. The first-order valence-electron chi connectivity index (χ1n) is 9.61. The van der Waals surface area contributed by atoms with Crippen LogP contribution in [0.4, 0.5) is 5.95 Å². The zero-order valence-electron chi connectivity index (χ0n) is 16.0. The summed E-state index contributed by atoms with van der Waals surface area (Å²) in [5.41, 5.74) is 2.37. The summed E-state index contributed by atoms with van der Waals surface area (Å²) in [6.45, 7) is 4.16. The first-order valence-corrected chi connectivity index (χ1v) is 9.61. The second-order valence-electron chi connectivity index (χ2n) is 7.27. The molecule has 8 nitrogen and oxygen atoms in total. The normalized spacial score (nSPS) is 19.9. The highest BCUT2D eigenvalue weighted by atomic mass is 16.5. The van der Waals surface area contributed by atoms with Crippen LogP contribution in [0.5, 0.6) is 0 Å². The maximum absolute atomic E-state index is 12.7. The highest BCUT2D eigenvalue weighted by molar-refractivity contribution is 5.82. The molecule has 0 aliphatic carbocycles. The van der Waals surface area contributed by atoms with Crippen molar-refractivity contribution in [2.24, 2.45) is 0 Å². The molecule has 1 unspecified atom stereocenters. The minimum absolute atomic E-state index is 0.186. The van der Waals surface area contributed by atoms with Gasteiger partial charge in [-0.2, -0.15) is 0 Å². The number of carbonyl (C=O) groups excluding carboxylic acids is 1. The molecule has 1 amide bonds. The second-order valence-corrected chi connectivity index (χ2v) is 7.27. The van der Waals surface area contributed by atoms with Crippen molar-refractivity contribution in [1.82, 2.24) is 20.2 Å². The number of nitrogens with zero attached hydrogens (tertiary/aromatic N) is 3. The number of H-pyrrole nitrogens is 1. The van der Waals surface area contributed by atoms with E-state index in [0.717, 1.165) is 43.7 Å². The lowest BCUT2D eigenvalue weighted by atomic mass is 9.97. The summed E-state index contributed by atoms with van der Waals surface area (Å²) in [6.07, 6.45) is 0.188. The van der Waals surface area contributed by atoms with Crippen molar-refractivity contribution in [2.75, 3.05) is 44.7 Å². The lowest BCUT2D eigenvalue weighted by Crippen LogP contribution is -2.45. The number of piperazine rings is 1. The van der Waals surface area contributed by atoms with Gasteiger partial charge in [-0.3, -0.25) is 14.6 Å². The van der Waals surface area contributed by atoms with Gasteiger partial charge in [0.15, 0.2) is 6.10 Å². The molecule has 0 saturated carbocycles. The van der Waals surface area contributed by atoms with Gasteiger partial charge in [0.2, 0.25) is 5.95 Å². The summed E-state index contributed by atoms with van der Waals surface area (Å²) in [6, 6.07) is 9.26. The fourth-order valence-electron chi connectivity index (χ4n) is 3.63. The third-order valence-corrected chi connectivity index (χ3v) is 5.26. The van der Waals surface area contributed by atoms with Crippen LogP contribution in [0.25, 0.3) is 0 Å². The van der Waals surface area contributed by atoms with E-state index in [1.54, 1.807) is 0 Å². The molecule has 2 aliphatic rings. The van der Waals surface area contributed by atoms with Gasteiger partial charge in [0, 0.05) is 32.2 Å². The Morgan fingerprint density at radius 1 is 1.29 bits per heavy atom. The standard InChI is InChI=1S/C20H25N5O3/c1-24-7-9-25(10-8-24)20-22-15(12-17(26)23-20)13-21-19(27)18-16-5-3-2-4-14(16)6-11-28-18/h2-5,12,18H,6-11,13H2,1H3,(H,21,27)(H,22,23,26). The predicted octanol–water partition coefficient (Wildman–Crippen LogP) is 0.452. The summed E-state index contributed by atoms with van der Waals surface area (Å²) in [4.78, 5) is 36.4. The molecular formula is C20H25N5O3. The molecule has 0 spiro atoms. The molecule has 148 valence electrons. The first kappa shape index (κ1) is 18.6. The van der Waals surface area contributed by atoms with Crippen LogP contribution < -0.4 is 15.8 Å². The number of ether oxygens (including phenoxy) is 1. The smallest absolute Gasteiger partial charge is 0.254 e. The number of nitrogens with one attached hydrogen (secondary N) is 2. The topological polar surface area (TPSA) is 90.6 Å². The molecular weight excluding hydrogens is 358 g/mol. The van der Waals surface area contributed by atoms with Crippen LogP contribution in [0.2, 0.25) is 0 Å². The van der Waals surface area contributed by atoms with Crippen molar-refractivity contribution < 1.29 is 9.53 Å². The number of anilines is 1. The second kappa shape index (κ2) is 8.12. The number of benzene rings is 1. The Labute approximate surface area is 163 Å². The van der Waals surface area contributed by atoms with Gasteiger partial charge in [0.1, 0.15) is 0 Å². The molecule has 4 rings (SSSR count). The van der Waals surface area contributed by atoms with Crippen LogP contribution >= 0.6 is 0 Å². The molecule has 1 saturated heterocycles. The summed E-state index contributed by atoms with van der Waals surface area (Å²) in [5.74, 6) is 0.347. The third-order valence-electron chi connectivity index (χ3n) is 5.26.